The van der Waals surface area contributed by atoms with Gasteiger partial charge in [0.2, 0.25) is 0 Å². The highest BCUT2D eigenvalue weighted by atomic mass is 127. The van der Waals surface area contributed by atoms with Gasteiger partial charge in [-0.15, -0.1) is 0 Å². The molecule has 1 aromatic carbocycles. The van der Waals surface area contributed by atoms with Gasteiger partial charge in [0.05, 0.1) is 19.6 Å². The molecule has 2 nitrogen and oxygen atoms in total. The first-order valence-corrected chi connectivity index (χ1v) is 5.74. The molecule has 13 heavy (non-hydrogen) atoms. The van der Waals surface area contributed by atoms with Gasteiger partial charge in [-0.05, 0) is 57.3 Å². The average molecular weight is 399 g/mol. The van der Waals surface area contributed by atoms with Crippen molar-refractivity contribution in [3.8, 4) is 11.8 Å². The second kappa shape index (κ2) is 5.00. The molecular formula is C9H7I2NO. The molecule has 0 atom stereocenters. The first-order chi connectivity index (χ1) is 6.20. The summed E-state index contributed by atoms with van der Waals surface area (Å²) in [4.78, 5) is 0. The van der Waals surface area contributed by atoms with Crippen molar-refractivity contribution in [2.45, 2.75) is 6.42 Å². The maximum atomic E-state index is 8.64. The monoisotopic (exact) mass is 399 g/mol. The first kappa shape index (κ1) is 11.0. The Morgan fingerprint density at radius 1 is 1.46 bits per heavy atom. The van der Waals surface area contributed by atoms with Crippen molar-refractivity contribution in [1.82, 2.24) is 0 Å². The van der Waals surface area contributed by atoms with Crippen LogP contribution < -0.4 is 4.74 Å². The number of nitriles is 1. The van der Waals surface area contributed by atoms with Gasteiger partial charge in [0.25, 0.3) is 0 Å². The predicted molar refractivity (Wildman–Crippen MR) is 67.7 cm³/mol. The van der Waals surface area contributed by atoms with Crippen molar-refractivity contribution >= 4 is 45.2 Å². The molecular weight excluding hydrogens is 392 g/mol. The highest BCUT2D eigenvalue weighted by molar-refractivity contribution is 14.1. The smallest absolute Gasteiger partial charge is 0.124 e. The molecule has 0 saturated heterocycles. The van der Waals surface area contributed by atoms with Crippen LogP contribution in [0.5, 0.6) is 5.75 Å². The summed E-state index contributed by atoms with van der Waals surface area (Å²) in [6.45, 7) is 0. The van der Waals surface area contributed by atoms with Gasteiger partial charge in [-0.1, -0.05) is 0 Å². The SMILES string of the molecule is COc1ccc(I)c(I)c1CC#N. The van der Waals surface area contributed by atoms with Crippen LogP contribution in [0.3, 0.4) is 0 Å². The van der Waals surface area contributed by atoms with E-state index in [1.807, 2.05) is 12.1 Å². The number of methoxy groups -OCH3 is 1. The fraction of sp³-hybridized carbons (Fsp3) is 0.222. The molecule has 0 heterocycles. The largest absolute Gasteiger partial charge is 0.496 e. The van der Waals surface area contributed by atoms with Crippen LogP contribution in [0.25, 0.3) is 0 Å². The van der Waals surface area contributed by atoms with Crippen LogP contribution in [0.1, 0.15) is 5.56 Å². The lowest BCUT2D eigenvalue weighted by atomic mass is 10.1. The van der Waals surface area contributed by atoms with Crippen molar-refractivity contribution in [3.05, 3.63) is 24.8 Å². The molecule has 4 heteroatoms. The minimum absolute atomic E-state index is 0.401. The molecule has 0 aliphatic rings. The minimum atomic E-state index is 0.401. The topological polar surface area (TPSA) is 33.0 Å². The number of hydrogen-bond acceptors (Lipinski definition) is 2. The van der Waals surface area contributed by atoms with E-state index in [-0.39, 0.29) is 0 Å². The Morgan fingerprint density at radius 3 is 2.69 bits per heavy atom. The highest BCUT2D eigenvalue weighted by Gasteiger charge is 2.09. The van der Waals surface area contributed by atoms with Gasteiger partial charge >= 0.3 is 0 Å². The second-order valence-corrected chi connectivity index (χ2v) is 4.62. The Labute approximate surface area is 105 Å². The molecule has 0 unspecified atom stereocenters. The van der Waals surface area contributed by atoms with E-state index < -0.39 is 0 Å². The summed E-state index contributed by atoms with van der Waals surface area (Å²) in [5.41, 5.74) is 0.984. The molecule has 0 amide bonds. The highest BCUT2D eigenvalue weighted by Crippen LogP contribution is 2.28. The van der Waals surface area contributed by atoms with E-state index in [0.29, 0.717) is 6.42 Å². The second-order valence-electron chi connectivity index (χ2n) is 2.38. The summed E-state index contributed by atoms with van der Waals surface area (Å²) in [7, 11) is 1.62. The molecule has 0 aliphatic heterocycles. The summed E-state index contributed by atoms with van der Waals surface area (Å²) in [5.74, 6) is 0.798. The molecule has 0 saturated carbocycles. The maximum absolute atomic E-state index is 8.64. The summed E-state index contributed by atoms with van der Waals surface area (Å²) in [6, 6.07) is 6.03. The standard InChI is InChI=1S/C9H7I2NO/c1-13-8-3-2-7(10)9(11)6(8)4-5-12/h2-3H,4H2,1H3. The van der Waals surface area contributed by atoms with Gasteiger partial charge in [-0.3, -0.25) is 0 Å². The molecule has 0 aliphatic carbocycles. The van der Waals surface area contributed by atoms with E-state index in [1.54, 1.807) is 7.11 Å². The van der Waals surface area contributed by atoms with Crippen LogP contribution in [0.4, 0.5) is 0 Å². The Kier molecular flexibility index (Phi) is 4.25. The van der Waals surface area contributed by atoms with Crippen LogP contribution in [0, 0.1) is 18.5 Å². The van der Waals surface area contributed by atoms with Crippen molar-refractivity contribution in [1.29, 1.82) is 5.26 Å². The van der Waals surface area contributed by atoms with Crippen molar-refractivity contribution in [2.24, 2.45) is 0 Å². The number of hydrogen-bond donors (Lipinski definition) is 0. The van der Waals surface area contributed by atoms with E-state index in [2.05, 4.69) is 51.3 Å². The number of halogens is 2. The van der Waals surface area contributed by atoms with Gasteiger partial charge in [0.15, 0.2) is 0 Å². The van der Waals surface area contributed by atoms with Gasteiger partial charge in [0, 0.05) is 12.7 Å². The van der Waals surface area contributed by atoms with E-state index in [0.717, 1.165) is 18.5 Å². The fourth-order valence-electron chi connectivity index (χ4n) is 1.01. The van der Waals surface area contributed by atoms with E-state index in [9.17, 15) is 0 Å². The molecule has 0 fully saturated rings. The van der Waals surface area contributed by atoms with Crippen molar-refractivity contribution in [3.63, 3.8) is 0 Å². The molecule has 0 aromatic heterocycles. The summed E-state index contributed by atoms with van der Waals surface area (Å²) >= 11 is 4.49. The number of nitrogens with zero attached hydrogens (tertiary/aromatic N) is 1. The maximum Gasteiger partial charge on any atom is 0.124 e. The van der Waals surface area contributed by atoms with Crippen LogP contribution in [0.2, 0.25) is 0 Å². The van der Waals surface area contributed by atoms with Crippen LogP contribution >= 0.6 is 45.2 Å². The normalized spacial score (nSPS) is 9.38. The molecule has 0 N–H and O–H groups in total. The summed E-state index contributed by atoms with van der Waals surface area (Å²) < 4.78 is 7.44. The van der Waals surface area contributed by atoms with Gasteiger partial charge in [0.1, 0.15) is 5.75 Å². The van der Waals surface area contributed by atoms with Gasteiger partial charge < -0.3 is 4.74 Å². The van der Waals surface area contributed by atoms with Crippen molar-refractivity contribution in [2.75, 3.05) is 7.11 Å². The third kappa shape index (κ3) is 2.47. The molecule has 1 aromatic rings. The predicted octanol–water partition coefficient (Wildman–Crippen LogP) is 2.97. The lowest BCUT2D eigenvalue weighted by molar-refractivity contribution is 0.410. The third-order valence-electron chi connectivity index (χ3n) is 1.63. The Morgan fingerprint density at radius 2 is 2.15 bits per heavy atom. The van der Waals surface area contributed by atoms with Crippen LogP contribution in [-0.4, -0.2) is 7.11 Å². The lowest BCUT2D eigenvalue weighted by Crippen LogP contribution is -1.96. The lowest BCUT2D eigenvalue weighted by Gasteiger charge is -2.08. The zero-order valence-corrected chi connectivity index (χ0v) is 11.3. The van der Waals surface area contributed by atoms with Gasteiger partial charge in [-0.2, -0.15) is 5.26 Å². The average Bonchev–Trinajstić information content (AvgIpc) is 2.14. The van der Waals surface area contributed by atoms with Crippen LogP contribution in [0.15, 0.2) is 12.1 Å². The molecule has 68 valence electrons. The molecule has 0 bridgehead atoms. The fourth-order valence-corrected chi connectivity index (χ4v) is 2.15. The summed E-state index contributed by atoms with van der Waals surface area (Å²) in [6.07, 6.45) is 0.401. The quantitative estimate of drug-likeness (QED) is 0.717. The third-order valence-corrected chi connectivity index (χ3v) is 4.79. The van der Waals surface area contributed by atoms with Crippen molar-refractivity contribution < 1.29 is 4.74 Å². The Balaban J connectivity index is 3.25. The van der Waals surface area contributed by atoms with Gasteiger partial charge in [-0.25, -0.2) is 0 Å². The molecule has 0 spiro atoms. The summed E-state index contributed by atoms with van der Waals surface area (Å²) in [5, 5.41) is 8.64. The zero-order valence-electron chi connectivity index (χ0n) is 6.97. The number of benzene rings is 1. The minimum Gasteiger partial charge on any atom is -0.496 e. The van der Waals surface area contributed by atoms with E-state index in [4.69, 9.17) is 10.00 Å². The van der Waals surface area contributed by atoms with E-state index in [1.165, 1.54) is 0 Å². The Hall–Kier alpha value is -0.0300. The number of ether oxygens (including phenoxy) is 1. The number of rotatable bonds is 2. The Bertz CT molecular complexity index is 357. The first-order valence-electron chi connectivity index (χ1n) is 3.58. The molecule has 0 radical (unpaired) electrons. The zero-order chi connectivity index (χ0) is 9.84. The van der Waals surface area contributed by atoms with Crippen LogP contribution in [-0.2, 0) is 6.42 Å². The molecule has 1 rings (SSSR count). The van der Waals surface area contributed by atoms with E-state index >= 15 is 0 Å².